The monoisotopic (exact) mass is 508 g/mol. The van der Waals surface area contributed by atoms with Crippen molar-refractivity contribution in [3.63, 3.8) is 0 Å². The van der Waals surface area contributed by atoms with Crippen LogP contribution in [0.4, 0.5) is 11.4 Å². The molecule has 2 aliphatic heterocycles. The van der Waals surface area contributed by atoms with Crippen molar-refractivity contribution < 1.29 is 22.8 Å². The molecule has 0 aliphatic carbocycles. The number of nitrogens with one attached hydrogen (secondary N) is 1. The number of hydrazone groups is 1. The Hall–Kier alpha value is -3.80. The fourth-order valence-electron chi connectivity index (χ4n) is 4.23. The van der Waals surface area contributed by atoms with Crippen LogP contribution in [0.3, 0.4) is 0 Å². The minimum Gasteiger partial charge on any atom is -0.485 e. The predicted octanol–water partition coefficient (Wildman–Crippen LogP) is 3.96. The van der Waals surface area contributed by atoms with Crippen LogP contribution in [0.5, 0.6) is 5.75 Å². The van der Waals surface area contributed by atoms with E-state index in [1.165, 1.54) is 16.4 Å². The third-order valence-corrected chi connectivity index (χ3v) is 8.00. The quantitative estimate of drug-likeness (QED) is 0.395. The van der Waals surface area contributed by atoms with Crippen LogP contribution in [-0.2, 0) is 14.8 Å². The van der Waals surface area contributed by atoms with Crippen molar-refractivity contribution in [3.8, 4) is 5.75 Å². The summed E-state index contributed by atoms with van der Waals surface area (Å²) in [5, 5.41) is 16.3. The van der Waals surface area contributed by atoms with Crippen LogP contribution in [0, 0.1) is 10.1 Å². The van der Waals surface area contributed by atoms with Crippen LogP contribution in [0.15, 0.2) is 82.8 Å². The molecule has 5 rings (SSSR count). The highest BCUT2D eigenvalue weighted by atomic mass is 32.2. The molecule has 0 amide bonds. The molecule has 10 nitrogen and oxygen atoms in total. The maximum Gasteiger partial charge on any atom is 0.295 e. The lowest BCUT2D eigenvalue weighted by atomic mass is 9.96. The number of nitrogens with zero attached hydrogens (tertiary/aromatic N) is 3. The van der Waals surface area contributed by atoms with Gasteiger partial charge in [-0.3, -0.25) is 15.5 Å². The maximum absolute atomic E-state index is 13.0. The van der Waals surface area contributed by atoms with Gasteiger partial charge >= 0.3 is 0 Å². The van der Waals surface area contributed by atoms with Crippen LogP contribution in [0.25, 0.3) is 0 Å². The lowest BCUT2D eigenvalue weighted by Gasteiger charge is -2.27. The van der Waals surface area contributed by atoms with Gasteiger partial charge in [0.2, 0.25) is 10.0 Å². The number of nitro groups is 1. The van der Waals surface area contributed by atoms with Gasteiger partial charge in [-0.05, 0) is 29.8 Å². The summed E-state index contributed by atoms with van der Waals surface area (Å²) < 4.78 is 38.6. The predicted molar refractivity (Wildman–Crippen MR) is 134 cm³/mol. The zero-order chi connectivity index (χ0) is 25.1. The Kier molecular flexibility index (Phi) is 6.68. The third kappa shape index (κ3) is 4.81. The second-order valence-corrected chi connectivity index (χ2v) is 10.3. The minimum absolute atomic E-state index is 0.0914. The normalized spacial score (nSPS) is 19.3. The number of hydrogen-bond acceptors (Lipinski definition) is 8. The van der Waals surface area contributed by atoms with Crippen LogP contribution in [0.1, 0.15) is 23.7 Å². The molecule has 1 saturated heterocycles. The van der Waals surface area contributed by atoms with E-state index in [0.717, 1.165) is 17.2 Å². The summed E-state index contributed by atoms with van der Waals surface area (Å²) in [6.07, 6.45) is 0.184. The molecule has 0 saturated carbocycles. The van der Waals surface area contributed by atoms with Crippen molar-refractivity contribution in [2.75, 3.05) is 31.7 Å². The summed E-state index contributed by atoms with van der Waals surface area (Å²) in [6.45, 7) is 0.975. The Morgan fingerprint density at radius 1 is 1.00 bits per heavy atom. The van der Waals surface area contributed by atoms with Gasteiger partial charge < -0.3 is 9.47 Å². The van der Waals surface area contributed by atoms with Crippen molar-refractivity contribution in [1.82, 2.24) is 4.31 Å². The van der Waals surface area contributed by atoms with E-state index in [9.17, 15) is 18.5 Å². The molecule has 1 fully saturated rings. The summed E-state index contributed by atoms with van der Waals surface area (Å²) in [5.41, 5.74) is 4.95. The average molecular weight is 509 g/mol. The van der Waals surface area contributed by atoms with Gasteiger partial charge in [-0.2, -0.15) is 9.41 Å². The van der Waals surface area contributed by atoms with E-state index in [0.29, 0.717) is 17.9 Å². The molecule has 0 spiro atoms. The van der Waals surface area contributed by atoms with Crippen molar-refractivity contribution in [3.05, 3.63) is 94.0 Å². The van der Waals surface area contributed by atoms with Crippen molar-refractivity contribution in [2.45, 2.75) is 17.4 Å². The number of ether oxygens (including phenoxy) is 2. The van der Waals surface area contributed by atoms with Crippen molar-refractivity contribution in [2.24, 2.45) is 5.10 Å². The van der Waals surface area contributed by atoms with Gasteiger partial charge in [-0.15, -0.1) is 0 Å². The highest BCUT2D eigenvalue weighted by molar-refractivity contribution is 7.89. The molecule has 186 valence electrons. The second-order valence-electron chi connectivity index (χ2n) is 8.34. The van der Waals surface area contributed by atoms with Crippen molar-refractivity contribution >= 4 is 27.1 Å². The molecule has 0 radical (unpaired) electrons. The minimum atomic E-state index is -3.88. The van der Waals surface area contributed by atoms with Gasteiger partial charge in [0, 0.05) is 31.1 Å². The number of anilines is 1. The third-order valence-electron chi connectivity index (χ3n) is 6.10. The molecule has 1 atom stereocenters. The van der Waals surface area contributed by atoms with E-state index in [1.807, 2.05) is 54.6 Å². The number of morpholine rings is 1. The number of fused-ring (bicyclic) bond motifs is 1. The van der Waals surface area contributed by atoms with Gasteiger partial charge in [0.1, 0.15) is 17.5 Å². The molecule has 0 unspecified atom stereocenters. The van der Waals surface area contributed by atoms with Crippen LogP contribution in [0.2, 0.25) is 0 Å². The summed E-state index contributed by atoms with van der Waals surface area (Å²) >= 11 is 0. The van der Waals surface area contributed by atoms with E-state index >= 15 is 0 Å². The molecule has 2 heterocycles. The molecule has 3 aromatic carbocycles. The Bertz CT molecular complexity index is 1410. The number of hydrogen-bond donors (Lipinski definition) is 1. The first-order chi connectivity index (χ1) is 17.4. The molecule has 11 heteroatoms. The summed E-state index contributed by atoms with van der Waals surface area (Å²) in [6, 6.07) is 21.0. The standard InChI is InChI=1S/C25H24N4O6S/c30-29(31)23-16-19(36(32,33)28-12-14-34-15-13-28)10-11-21(23)26-27-22-17-25(18-6-2-1-3-7-18)35-24-9-5-4-8-20(22)24/h1-11,16,25-26H,12-15,17H2/b27-22+/t25-/m0/s1. The van der Waals surface area contributed by atoms with E-state index in [-0.39, 0.29) is 48.7 Å². The van der Waals surface area contributed by atoms with Crippen LogP contribution < -0.4 is 10.2 Å². The Balaban J connectivity index is 1.45. The number of rotatable bonds is 6. The zero-order valence-electron chi connectivity index (χ0n) is 19.2. The number of sulfonamides is 1. The van der Waals surface area contributed by atoms with Gasteiger partial charge in [0.05, 0.1) is 28.7 Å². The fourth-order valence-corrected chi connectivity index (χ4v) is 5.66. The molecule has 2 aliphatic rings. The lowest BCUT2D eigenvalue weighted by Crippen LogP contribution is -2.40. The number of para-hydroxylation sites is 1. The molecule has 0 aromatic heterocycles. The highest BCUT2D eigenvalue weighted by Gasteiger charge is 2.30. The second kappa shape index (κ2) is 10.1. The molecular weight excluding hydrogens is 484 g/mol. The average Bonchev–Trinajstić information content (AvgIpc) is 2.92. The summed E-state index contributed by atoms with van der Waals surface area (Å²) in [5.74, 6) is 0.666. The molecule has 3 aromatic rings. The smallest absolute Gasteiger partial charge is 0.295 e. The van der Waals surface area contributed by atoms with Crippen LogP contribution in [-0.4, -0.2) is 49.7 Å². The molecular formula is C25H24N4O6S. The van der Waals surface area contributed by atoms with Gasteiger partial charge in [0.15, 0.2) is 0 Å². The van der Waals surface area contributed by atoms with E-state index in [2.05, 4.69) is 10.5 Å². The van der Waals surface area contributed by atoms with Crippen LogP contribution >= 0.6 is 0 Å². The Labute approximate surface area is 208 Å². The van der Waals surface area contributed by atoms with Gasteiger partial charge in [0.25, 0.3) is 5.69 Å². The summed E-state index contributed by atoms with van der Waals surface area (Å²) in [4.78, 5) is 11.1. The number of nitro benzene ring substituents is 1. The highest BCUT2D eigenvalue weighted by Crippen LogP contribution is 2.36. The maximum atomic E-state index is 13.0. The lowest BCUT2D eigenvalue weighted by molar-refractivity contribution is -0.384. The van der Waals surface area contributed by atoms with Crippen molar-refractivity contribution in [1.29, 1.82) is 0 Å². The first-order valence-corrected chi connectivity index (χ1v) is 12.9. The topological polar surface area (TPSA) is 123 Å². The fraction of sp³-hybridized carbons (Fsp3) is 0.240. The SMILES string of the molecule is O=[N+]([O-])c1cc(S(=O)(=O)N2CCOCC2)ccc1N/N=C1\C[C@@H](c2ccccc2)Oc2ccccc21. The zero-order valence-corrected chi connectivity index (χ0v) is 20.1. The van der Waals surface area contributed by atoms with Gasteiger partial charge in [-0.1, -0.05) is 42.5 Å². The molecule has 0 bridgehead atoms. The summed E-state index contributed by atoms with van der Waals surface area (Å²) in [7, 11) is -3.88. The van der Waals surface area contributed by atoms with Gasteiger partial charge in [-0.25, -0.2) is 8.42 Å². The first-order valence-electron chi connectivity index (χ1n) is 11.4. The molecule has 36 heavy (non-hydrogen) atoms. The van der Waals surface area contributed by atoms with E-state index in [4.69, 9.17) is 9.47 Å². The Morgan fingerprint density at radius 3 is 2.47 bits per heavy atom. The van der Waals surface area contributed by atoms with E-state index in [1.54, 1.807) is 0 Å². The number of benzene rings is 3. The Morgan fingerprint density at radius 2 is 1.72 bits per heavy atom. The van der Waals surface area contributed by atoms with E-state index < -0.39 is 14.9 Å². The molecule has 1 N–H and O–H groups in total. The first kappa shape index (κ1) is 23.9. The largest absolute Gasteiger partial charge is 0.485 e.